The average molecular weight is 441 g/mol. The maximum atomic E-state index is 12.6. The zero-order valence-corrected chi connectivity index (χ0v) is 21.8. The zero-order chi connectivity index (χ0) is 23.3. The second kappa shape index (κ2) is 6.96. The van der Waals surface area contributed by atoms with E-state index < -0.39 is 0 Å². The lowest BCUT2D eigenvalue weighted by Crippen LogP contribution is -2.65. The molecule has 1 N–H and O–H groups in total. The van der Waals surface area contributed by atoms with E-state index in [2.05, 4.69) is 54.5 Å². The Balaban J connectivity index is 1.60. The summed E-state index contributed by atoms with van der Waals surface area (Å²) in [4.78, 5) is 12.6. The van der Waals surface area contributed by atoms with E-state index in [1.807, 2.05) is 0 Å². The van der Waals surface area contributed by atoms with Gasteiger partial charge in [-0.2, -0.15) is 0 Å². The topological polar surface area (TPSA) is 37.3 Å². The van der Waals surface area contributed by atoms with Crippen molar-refractivity contribution in [2.75, 3.05) is 0 Å². The fraction of sp³-hybridized carbons (Fsp3) is 0.900. The minimum Gasteiger partial charge on any atom is -0.393 e. The average Bonchev–Trinajstić information content (AvgIpc) is 2.74. The lowest BCUT2D eigenvalue weighted by molar-refractivity contribution is -0.203. The van der Waals surface area contributed by atoms with Crippen molar-refractivity contribution in [2.24, 2.45) is 56.7 Å². The second-order valence-corrected chi connectivity index (χ2v) is 14.4. The SMILES string of the molecule is C[C@H]1[C@H](C)CC[C@]2(C=O)CC[C@]3(C)C(=CC[C@@H]4[C@@]5(C)CC[C@H](O)C(C)(C)C5CC[C@]43C)[C@H]12. The molecule has 0 radical (unpaired) electrons. The monoisotopic (exact) mass is 440 g/mol. The molecule has 2 heteroatoms. The summed E-state index contributed by atoms with van der Waals surface area (Å²) in [5, 5.41) is 10.9. The van der Waals surface area contributed by atoms with Crippen LogP contribution in [0.5, 0.6) is 0 Å². The molecule has 5 aliphatic rings. The van der Waals surface area contributed by atoms with Crippen molar-refractivity contribution in [3.8, 4) is 0 Å². The van der Waals surface area contributed by atoms with Crippen LogP contribution >= 0.6 is 0 Å². The van der Waals surface area contributed by atoms with Gasteiger partial charge in [0.25, 0.3) is 0 Å². The Morgan fingerprint density at radius 2 is 1.62 bits per heavy atom. The highest BCUT2D eigenvalue weighted by Gasteiger charge is 2.68. The fourth-order valence-corrected chi connectivity index (χ4v) is 10.7. The summed E-state index contributed by atoms with van der Waals surface area (Å²) in [6, 6.07) is 0. The first kappa shape index (κ1) is 23.1. The molecule has 180 valence electrons. The van der Waals surface area contributed by atoms with Crippen LogP contribution in [0.3, 0.4) is 0 Å². The van der Waals surface area contributed by atoms with E-state index in [1.54, 1.807) is 5.57 Å². The molecular formula is C30H48O2. The van der Waals surface area contributed by atoms with Gasteiger partial charge in [-0.25, -0.2) is 0 Å². The van der Waals surface area contributed by atoms with Crippen LogP contribution in [0.25, 0.3) is 0 Å². The summed E-state index contributed by atoms with van der Waals surface area (Å²) in [6.45, 7) is 17.3. The first-order valence-corrected chi connectivity index (χ1v) is 13.7. The normalized spacial score (nSPS) is 56.7. The number of allylic oxidation sites excluding steroid dienone is 2. The van der Waals surface area contributed by atoms with Gasteiger partial charge >= 0.3 is 0 Å². The van der Waals surface area contributed by atoms with Crippen molar-refractivity contribution < 1.29 is 9.90 Å². The van der Waals surface area contributed by atoms with Gasteiger partial charge in [-0.15, -0.1) is 0 Å². The quantitative estimate of drug-likeness (QED) is 0.346. The molecule has 0 spiro atoms. The van der Waals surface area contributed by atoms with E-state index in [-0.39, 0.29) is 27.8 Å². The number of hydrogen-bond acceptors (Lipinski definition) is 2. The van der Waals surface area contributed by atoms with Gasteiger partial charge in [0.15, 0.2) is 0 Å². The van der Waals surface area contributed by atoms with E-state index >= 15 is 0 Å². The molecule has 1 unspecified atom stereocenters. The molecule has 0 heterocycles. The Labute approximate surface area is 197 Å². The molecular weight excluding hydrogens is 392 g/mol. The third-order valence-corrected chi connectivity index (χ3v) is 13.3. The maximum Gasteiger partial charge on any atom is 0.126 e. The summed E-state index contributed by atoms with van der Waals surface area (Å²) in [5.74, 6) is 3.01. The molecule has 0 amide bonds. The van der Waals surface area contributed by atoms with E-state index in [1.165, 1.54) is 38.4 Å². The summed E-state index contributed by atoms with van der Waals surface area (Å²) < 4.78 is 0. The van der Waals surface area contributed by atoms with E-state index in [0.29, 0.717) is 35.0 Å². The number of fused-ring (bicyclic) bond motifs is 7. The summed E-state index contributed by atoms with van der Waals surface area (Å²) in [5.41, 5.74) is 2.35. The van der Waals surface area contributed by atoms with Gasteiger partial charge in [0.2, 0.25) is 0 Å². The fourth-order valence-electron chi connectivity index (χ4n) is 10.7. The van der Waals surface area contributed by atoms with Crippen molar-refractivity contribution in [2.45, 2.75) is 112 Å². The van der Waals surface area contributed by atoms with Crippen LogP contribution in [0, 0.1) is 56.7 Å². The Kier molecular flexibility index (Phi) is 5.03. The van der Waals surface area contributed by atoms with Gasteiger partial charge in [-0.05, 0) is 109 Å². The number of aliphatic hydroxyl groups excluding tert-OH is 1. The Morgan fingerprint density at radius 1 is 0.906 bits per heavy atom. The number of carbonyl (C=O) groups excluding carboxylic acids is 1. The molecule has 2 nitrogen and oxygen atoms in total. The predicted octanol–water partition coefficient (Wildman–Crippen LogP) is 7.20. The Bertz CT molecular complexity index is 827. The van der Waals surface area contributed by atoms with Crippen molar-refractivity contribution in [3.63, 3.8) is 0 Å². The molecule has 10 atom stereocenters. The standard InChI is InChI=1S/C30H48O2/c1-19-10-15-30(18-31)17-16-28(6)21(25(30)20(19)2)8-9-23-27(5)13-12-24(32)26(3,4)22(27)11-14-29(23,28)7/h8,18-20,22-25,32H,9-17H2,1-7H3/t19-,20+,22?,23-,24+,25+,27+,28-,29-,30-/m1/s1. The first-order valence-electron chi connectivity index (χ1n) is 13.7. The van der Waals surface area contributed by atoms with Crippen LogP contribution in [-0.4, -0.2) is 17.5 Å². The molecule has 0 saturated heterocycles. The number of rotatable bonds is 1. The van der Waals surface area contributed by atoms with E-state index in [9.17, 15) is 9.90 Å². The highest BCUT2D eigenvalue weighted by Crippen LogP contribution is 2.75. The first-order chi connectivity index (χ1) is 14.9. The van der Waals surface area contributed by atoms with Crippen molar-refractivity contribution in [1.29, 1.82) is 0 Å². The molecule has 0 aromatic carbocycles. The molecule has 4 saturated carbocycles. The maximum absolute atomic E-state index is 12.6. The lowest BCUT2D eigenvalue weighted by atomic mass is 9.33. The van der Waals surface area contributed by atoms with Crippen molar-refractivity contribution in [1.82, 2.24) is 0 Å². The number of hydrogen-bond donors (Lipinski definition) is 1. The largest absolute Gasteiger partial charge is 0.393 e. The minimum absolute atomic E-state index is 0.00573. The summed E-state index contributed by atoms with van der Waals surface area (Å²) in [7, 11) is 0. The van der Waals surface area contributed by atoms with Crippen LogP contribution in [0.1, 0.15) is 106 Å². The second-order valence-electron chi connectivity index (χ2n) is 14.4. The molecule has 0 aliphatic heterocycles. The van der Waals surface area contributed by atoms with Gasteiger partial charge in [0.1, 0.15) is 6.29 Å². The molecule has 4 fully saturated rings. The van der Waals surface area contributed by atoms with Gasteiger partial charge in [-0.1, -0.05) is 60.1 Å². The van der Waals surface area contributed by atoms with E-state index in [4.69, 9.17) is 0 Å². The molecule has 5 aliphatic carbocycles. The predicted molar refractivity (Wildman–Crippen MR) is 131 cm³/mol. The van der Waals surface area contributed by atoms with Crippen LogP contribution in [0.4, 0.5) is 0 Å². The van der Waals surface area contributed by atoms with Crippen LogP contribution in [0.15, 0.2) is 11.6 Å². The third kappa shape index (κ3) is 2.60. The zero-order valence-electron chi connectivity index (χ0n) is 21.8. The Hall–Kier alpha value is -0.630. The lowest BCUT2D eigenvalue weighted by Gasteiger charge is -2.71. The van der Waals surface area contributed by atoms with Crippen molar-refractivity contribution in [3.05, 3.63) is 11.6 Å². The van der Waals surface area contributed by atoms with Gasteiger partial charge in [0.05, 0.1) is 6.10 Å². The number of aldehydes is 1. The molecule has 5 rings (SSSR count). The third-order valence-electron chi connectivity index (χ3n) is 13.3. The van der Waals surface area contributed by atoms with Gasteiger partial charge in [-0.3, -0.25) is 0 Å². The number of carbonyl (C=O) groups is 1. The molecule has 0 aromatic heterocycles. The summed E-state index contributed by atoms with van der Waals surface area (Å²) >= 11 is 0. The van der Waals surface area contributed by atoms with Crippen LogP contribution in [0.2, 0.25) is 0 Å². The molecule has 0 bridgehead atoms. The smallest absolute Gasteiger partial charge is 0.126 e. The van der Waals surface area contributed by atoms with Crippen molar-refractivity contribution >= 4 is 6.29 Å². The minimum atomic E-state index is -0.164. The highest BCUT2D eigenvalue weighted by molar-refractivity contribution is 5.63. The van der Waals surface area contributed by atoms with Gasteiger partial charge in [0, 0.05) is 5.41 Å². The molecule has 0 aromatic rings. The van der Waals surface area contributed by atoms with Gasteiger partial charge < -0.3 is 9.90 Å². The highest BCUT2D eigenvalue weighted by atomic mass is 16.3. The van der Waals surface area contributed by atoms with Crippen LogP contribution < -0.4 is 0 Å². The summed E-state index contributed by atoms with van der Waals surface area (Å²) in [6.07, 6.45) is 14.2. The molecule has 32 heavy (non-hydrogen) atoms. The Morgan fingerprint density at radius 3 is 2.31 bits per heavy atom. The number of aliphatic hydroxyl groups is 1. The van der Waals surface area contributed by atoms with E-state index in [0.717, 1.165) is 25.7 Å². The van der Waals surface area contributed by atoms with Crippen LogP contribution in [-0.2, 0) is 4.79 Å².